The second kappa shape index (κ2) is 9.96. The monoisotopic (exact) mass is 396 g/mol. The zero-order valence-electron chi connectivity index (χ0n) is 17.1. The lowest BCUT2D eigenvalue weighted by molar-refractivity contribution is -0.140. The van der Waals surface area contributed by atoms with Gasteiger partial charge in [-0.15, -0.1) is 0 Å². The molecule has 0 aromatic heterocycles. The summed E-state index contributed by atoms with van der Waals surface area (Å²) >= 11 is 0. The van der Waals surface area contributed by atoms with E-state index in [0.29, 0.717) is 44.8 Å². The first-order chi connectivity index (χ1) is 14.1. The Bertz CT molecular complexity index is 844. The lowest BCUT2D eigenvalue weighted by Gasteiger charge is -2.34. The van der Waals surface area contributed by atoms with Crippen molar-refractivity contribution in [2.75, 3.05) is 39.9 Å². The molecule has 3 rings (SSSR count). The Balaban J connectivity index is 1.42. The van der Waals surface area contributed by atoms with Crippen LogP contribution in [0.2, 0.25) is 0 Å². The molecule has 0 aliphatic carbocycles. The summed E-state index contributed by atoms with van der Waals surface area (Å²) in [5.74, 6) is 1.57. The molecule has 1 aliphatic rings. The normalized spacial score (nSPS) is 13.9. The quantitative estimate of drug-likeness (QED) is 0.722. The average Bonchev–Trinajstić information content (AvgIpc) is 2.76. The van der Waals surface area contributed by atoms with Crippen LogP contribution >= 0.6 is 0 Å². The van der Waals surface area contributed by atoms with Gasteiger partial charge in [0, 0.05) is 32.6 Å². The Morgan fingerprint density at radius 3 is 2.31 bits per heavy atom. The van der Waals surface area contributed by atoms with E-state index in [2.05, 4.69) is 0 Å². The molecule has 6 nitrogen and oxygen atoms in total. The lowest BCUT2D eigenvalue weighted by atomic mass is 10.1. The van der Waals surface area contributed by atoms with Gasteiger partial charge < -0.3 is 19.3 Å². The minimum Gasteiger partial charge on any atom is -0.496 e. The third-order valence-electron chi connectivity index (χ3n) is 5.14. The van der Waals surface area contributed by atoms with Gasteiger partial charge in [0.15, 0.2) is 6.61 Å². The molecule has 0 spiro atoms. The van der Waals surface area contributed by atoms with Gasteiger partial charge in [0.05, 0.1) is 7.11 Å². The lowest BCUT2D eigenvalue weighted by Crippen LogP contribution is -2.51. The van der Waals surface area contributed by atoms with Crippen LogP contribution in [0.25, 0.3) is 0 Å². The van der Waals surface area contributed by atoms with Crippen LogP contribution in [0.5, 0.6) is 11.5 Å². The van der Waals surface area contributed by atoms with Crippen molar-refractivity contribution < 1.29 is 19.1 Å². The van der Waals surface area contributed by atoms with Crippen molar-refractivity contribution in [1.82, 2.24) is 9.80 Å². The number of nitrogens with zero attached hydrogens (tertiary/aromatic N) is 2. The third kappa shape index (κ3) is 5.73. The Hall–Kier alpha value is -3.02. The maximum absolute atomic E-state index is 12.5. The molecule has 1 aliphatic heterocycles. The van der Waals surface area contributed by atoms with Gasteiger partial charge >= 0.3 is 0 Å². The minimum absolute atomic E-state index is 0.0190. The van der Waals surface area contributed by atoms with Crippen LogP contribution in [0.1, 0.15) is 17.5 Å². The minimum atomic E-state index is -0.0485. The van der Waals surface area contributed by atoms with E-state index in [1.54, 1.807) is 12.0 Å². The van der Waals surface area contributed by atoms with Crippen LogP contribution in [0, 0.1) is 6.92 Å². The predicted octanol–water partition coefficient (Wildman–Crippen LogP) is 2.69. The number of benzene rings is 2. The molecule has 0 radical (unpaired) electrons. The fraction of sp³-hybridized carbons (Fsp3) is 0.391. The van der Waals surface area contributed by atoms with Crippen molar-refractivity contribution in [2.45, 2.75) is 19.8 Å². The number of hydrogen-bond donors (Lipinski definition) is 0. The van der Waals surface area contributed by atoms with E-state index in [9.17, 15) is 9.59 Å². The highest BCUT2D eigenvalue weighted by Crippen LogP contribution is 2.19. The summed E-state index contributed by atoms with van der Waals surface area (Å²) < 4.78 is 10.9. The molecular formula is C23H28N2O4. The van der Waals surface area contributed by atoms with Gasteiger partial charge in [-0.2, -0.15) is 0 Å². The Morgan fingerprint density at radius 2 is 1.62 bits per heavy atom. The Morgan fingerprint density at radius 1 is 0.931 bits per heavy atom. The summed E-state index contributed by atoms with van der Waals surface area (Å²) in [6.07, 6.45) is 1.08. The highest BCUT2D eigenvalue weighted by molar-refractivity contribution is 5.79. The van der Waals surface area contributed by atoms with Crippen molar-refractivity contribution in [3.05, 3.63) is 59.7 Å². The van der Waals surface area contributed by atoms with E-state index >= 15 is 0 Å². The van der Waals surface area contributed by atoms with Crippen molar-refractivity contribution in [1.29, 1.82) is 0 Å². The second-order valence-corrected chi connectivity index (χ2v) is 7.18. The first-order valence-electron chi connectivity index (χ1n) is 9.93. The molecule has 1 fully saturated rings. The first kappa shape index (κ1) is 20.7. The van der Waals surface area contributed by atoms with Crippen molar-refractivity contribution >= 4 is 11.8 Å². The largest absolute Gasteiger partial charge is 0.496 e. The highest BCUT2D eigenvalue weighted by Gasteiger charge is 2.24. The van der Waals surface area contributed by atoms with Gasteiger partial charge in [-0.1, -0.05) is 30.3 Å². The van der Waals surface area contributed by atoms with Crippen LogP contribution in [0.15, 0.2) is 48.5 Å². The highest BCUT2D eigenvalue weighted by atomic mass is 16.5. The zero-order chi connectivity index (χ0) is 20.6. The van der Waals surface area contributed by atoms with Crippen molar-refractivity contribution in [2.24, 2.45) is 0 Å². The molecule has 0 N–H and O–H groups in total. The number of para-hydroxylation sites is 1. The standard InChI is InChI=1S/C23H28N2O4/c1-18-6-5-8-20(16-18)29-17-23(27)25-14-12-24(13-15-25)22(26)11-10-19-7-3-4-9-21(19)28-2/h3-9,16H,10-15,17H2,1-2H3. The molecule has 1 heterocycles. The molecule has 154 valence electrons. The smallest absolute Gasteiger partial charge is 0.260 e. The van der Waals surface area contributed by atoms with Gasteiger partial charge in [-0.25, -0.2) is 0 Å². The maximum atomic E-state index is 12.5. The second-order valence-electron chi connectivity index (χ2n) is 7.18. The number of methoxy groups -OCH3 is 1. The SMILES string of the molecule is COc1ccccc1CCC(=O)N1CCN(C(=O)COc2cccc(C)c2)CC1. The molecule has 0 bridgehead atoms. The summed E-state index contributed by atoms with van der Waals surface area (Å²) in [5.41, 5.74) is 2.13. The van der Waals surface area contributed by atoms with Crippen LogP contribution in [0.4, 0.5) is 0 Å². The van der Waals surface area contributed by atoms with Crippen molar-refractivity contribution in [3.8, 4) is 11.5 Å². The zero-order valence-corrected chi connectivity index (χ0v) is 17.1. The molecular weight excluding hydrogens is 368 g/mol. The van der Waals surface area contributed by atoms with Crippen LogP contribution < -0.4 is 9.47 Å². The third-order valence-corrected chi connectivity index (χ3v) is 5.14. The fourth-order valence-corrected chi connectivity index (χ4v) is 3.46. The van der Waals surface area contributed by atoms with E-state index in [1.807, 2.05) is 60.4 Å². The molecule has 2 aromatic carbocycles. The summed E-state index contributed by atoms with van der Waals surface area (Å²) in [4.78, 5) is 28.5. The number of carbonyl (C=O) groups is 2. The van der Waals surface area contributed by atoms with Gasteiger partial charge in [0.2, 0.25) is 5.91 Å². The molecule has 2 amide bonds. The molecule has 0 unspecified atom stereocenters. The summed E-state index contributed by atoms with van der Waals surface area (Å²) in [6, 6.07) is 15.4. The number of hydrogen-bond acceptors (Lipinski definition) is 4. The van der Waals surface area contributed by atoms with E-state index < -0.39 is 0 Å². The van der Waals surface area contributed by atoms with Gasteiger partial charge in [-0.05, 0) is 42.7 Å². The number of aryl methyl sites for hydroxylation is 2. The predicted molar refractivity (Wildman–Crippen MR) is 111 cm³/mol. The topological polar surface area (TPSA) is 59.1 Å². The molecule has 0 saturated carbocycles. The number of piperazine rings is 1. The van der Waals surface area contributed by atoms with E-state index in [1.165, 1.54) is 0 Å². The van der Waals surface area contributed by atoms with Crippen LogP contribution in [0.3, 0.4) is 0 Å². The molecule has 0 atom stereocenters. The summed E-state index contributed by atoms with van der Waals surface area (Å²) in [7, 11) is 1.64. The van der Waals surface area contributed by atoms with E-state index in [-0.39, 0.29) is 18.4 Å². The number of ether oxygens (including phenoxy) is 2. The molecule has 6 heteroatoms. The van der Waals surface area contributed by atoms with Crippen LogP contribution in [-0.2, 0) is 16.0 Å². The fourth-order valence-electron chi connectivity index (χ4n) is 3.46. The first-order valence-corrected chi connectivity index (χ1v) is 9.93. The number of rotatable bonds is 7. The summed E-state index contributed by atoms with van der Waals surface area (Å²) in [6.45, 7) is 4.19. The number of amides is 2. The Kier molecular flexibility index (Phi) is 7.11. The van der Waals surface area contributed by atoms with Gasteiger partial charge in [-0.3, -0.25) is 9.59 Å². The van der Waals surface area contributed by atoms with Gasteiger partial charge in [0.25, 0.3) is 5.91 Å². The van der Waals surface area contributed by atoms with E-state index in [0.717, 1.165) is 16.9 Å². The molecule has 2 aromatic rings. The summed E-state index contributed by atoms with van der Waals surface area (Å²) in [5, 5.41) is 0. The Labute approximate surface area is 172 Å². The van der Waals surface area contributed by atoms with Gasteiger partial charge in [0.1, 0.15) is 11.5 Å². The molecule has 29 heavy (non-hydrogen) atoms. The average molecular weight is 396 g/mol. The van der Waals surface area contributed by atoms with Crippen LogP contribution in [-0.4, -0.2) is 61.5 Å². The maximum Gasteiger partial charge on any atom is 0.260 e. The number of carbonyl (C=O) groups excluding carboxylic acids is 2. The molecule has 1 saturated heterocycles. The van der Waals surface area contributed by atoms with E-state index in [4.69, 9.17) is 9.47 Å². The van der Waals surface area contributed by atoms with Crippen molar-refractivity contribution in [3.63, 3.8) is 0 Å².